The first-order valence-electron chi connectivity index (χ1n) is 4.89. The van der Waals surface area contributed by atoms with Crippen LogP contribution in [0.3, 0.4) is 0 Å². The lowest BCUT2D eigenvalue weighted by molar-refractivity contribution is 0.121. The topological polar surface area (TPSA) is 58.9 Å². The summed E-state index contributed by atoms with van der Waals surface area (Å²) < 4.78 is 1.65. The molecule has 1 aromatic heterocycles. The number of hydrogen-bond donors (Lipinski definition) is 1. The van der Waals surface area contributed by atoms with Crippen LogP contribution in [0.2, 0.25) is 0 Å². The molecular formula is C8H16N6. The number of hydrogen-bond acceptors (Lipinski definition) is 5. The molecule has 6 nitrogen and oxygen atoms in total. The van der Waals surface area contributed by atoms with Gasteiger partial charge in [0.05, 0.1) is 6.04 Å². The fourth-order valence-electron chi connectivity index (χ4n) is 1.56. The average molecular weight is 196 g/mol. The highest BCUT2D eigenvalue weighted by atomic mass is 15.6. The maximum Gasteiger partial charge on any atom is 0.242 e. The smallest absolute Gasteiger partial charge is 0.242 e. The quantitative estimate of drug-likeness (QED) is 0.720. The van der Waals surface area contributed by atoms with Crippen molar-refractivity contribution in [1.82, 2.24) is 25.1 Å². The molecule has 0 saturated carbocycles. The van der Waals surface area contributed by atoms with Crippen LogP contribution in [0.1, 0.15) is 13.8 Å². The van der Waals surface area contributed by atoms with Crippen molar-refractivity contribution >= 4 is 5.95 Å². The van der Waals surface area contributed by atoms with Gasteiger partial charge in [0.1, 0.15) is 0 Å². The molecule has 2 rings (SSSR count). The normalized spacial score (nSPS) is 18.6. The fraction of sp³-hybridized carbons (Fsp3) is 0.875. The van der Waals surface area contributed by atoms with Crippen molar-refractivity contribution < 1.29 is 0 Å². The highest BCUT2D eigenvalue weighted by Gasteiger charge is 2.29. The van der Waals surface area contributed by atoms with E-state index in [1.54, 1.807) is 4.68 Å². The maximum absolute atomic E-state index is 3.88. The monoisotopic (exact) mass is 196 g/mol. The number of likely N-dealkylation sites (tertiary alicyclic amines) is 1. The van der Waals surface area contributed by atoms with Gasteiger partial charge in [-0.25, -0.2) is 4.68 Å². The van der Waals surface area contributed by atoms with Gasteiger partial charge >= 0.3 is 0 Å². The Morgan fingerprint density at radius 2 is 2.14 bits per heavy atom. The lowest BCUT2D eigenvalue weighted by atomic mass is 10.1. The molecule has 1 aliphatic heterocycles. The van der Waals surface area contributed by atoms with E-state index in [0.717, 1.165) is 19.0 Å². The minimum atomic E-state index is 0.488. The van der Waals surface area contributed by atoms with E-state index in [9.17, 15) is 0 Å². The summed E-state index contributed by atoms with van der Waals surface area (Å²) >= 11 is 0. The third-order valence-corrected chi connectivity index (χ3v) is 2.59. The highest BCUT2D eigenvalue weighted by Crippen LogP contribution is 2.14. The van der Waals surface area contributed by atoms with E-state index in [2.05, 4.69) is 39.6 Å². The van der Waals surface area contributed by atoms with Crippen LogP contribution >= 0.6 is 0 Å². The number of nitrogens with one attached hydrogen (secondary N) is 1. The summed E-state index contributed by atoms with van der Waals surface area (Å²) in [5, 5.41) is 14.5. The summed E-state index contributed by atoms with van der Waals surface area (Å²) in [4.78, 5) is 2.40. The number of nitrogens with zero attached hydrogens (tertiary/aromatic N) is 5. The summed E-state index contributed by atoms with van der Waals surface area (Å²) in [6.45, 7) is 6.56. The highest BCUT2D eigenvalue weighted by molar-refractivity contribution is 5.25. The van der Waals surface area contributed by atoms with Crippen LogP contribution in [-0.2, 0) is 7.05 Å². The molecule has 0 bridgehead atoms. The molecule has 2 heterocycles. The SMILES string of the molecule is CC(C)N1CC(Nc2nnnn2C)C1. The van der Waals surface area contributed by atoms with E-state index in [1.807, 2.05) is 7.05 Å². The molecule has 0 radical (unpaired) electrons. The van der Waals surface area contributed by atoms with Gasteiger partial charge in [0.25, 0.3) is 0 Å². The van der Waals surface area contributed by atoms with Gasteiger partial charge in [0.2, 0.25) is 5.95 Å². The third-order valence-electron chi connectivity index (χ3n) is 2.59. The molecular weight excluding hydrogens is 180 g/mol. The van der Waals surface area contributed by atoms with E-state index in [0.29, 0.717) is 12.1 Å². The molecule has 0 aliphatic carbocycles. The predicted molar refractivity (Wildman–Crippen MR) is 52.9 cm³/mol. The average Bonchev–Trinajstić information content (AvgIpc) is 2.42. The molecule has 1 aromatic rings. The van der Waals surface area contributed by atoms with Gasteiger partial charge in [-0.3, -0.25) is 4.90 Å². The summed E-state index contributed by atoms with van der Waals surface area (Å²) in [5.74, 6) is 0.749. The molecule has 14 heavy (non-hydrogen) atoms. The predicted octanol–water partition coefficient (Wildman–Crippen LogP) is -0.285. The zero-order valence-electron chi connectivity index (χ0n) is 8.80. The molecule has 78 valence electrons. The fourth-order valence-corrected chi connectivity index (χ4v) is 1.56. The van der Waals surface area contributed by atoms with Gasteiger partial charge in [-0.05, 0) is 24.3 Å². The van der Waals surface area contributed by atoms with Crippen molar-refractivity contribution in [1.29, 1.82) is 0 Å². The largest absolute Gasteiger partial charge is 0.348 e. The van der Waals surface area contributed by atoms with Crippen LogP contribution in [-0.4, -0.2) is 50.3 Å². The minimum absolute atomic E-state index is 0.488. The Kier molecular flexibility index (Phi) is 2.37. The summed E-state index contributed by atoms with van der Waals surface area (Å²) in [7, 11) is 1.83. The number of aromatic nitrogens is 4. The number of aryl methyl sites for hydroxylation is 1. The maximum atomic E-state index is 3.88. The zero-order chi connectivity index (χ0) is 10.1. The molecule has 1 saturated heterocycles. The standard InChI is InChI=1S/C8H16N6/c1-6(2)14-4-7(5-14)9-8-10-11-12-13(8)3/h6-7H,4-5H2,1-3H3,(H,9,10,12). The van der Waals surface area contributed by atoms with Crippen LogP contribution in [0.15, 0.2) is 0 Å². The van der Waals surface area contributed by atoms with E-state index >= 15 is 0 Å². The van der Waals surface area contributed by atoms with Gasteiger partial charge in [0.15, 0.2) is 0 Å². The second-order valence-electron chi connectivity index (χ2n) is 4.02. The van der Waals surface area contributed by atoms with Crippen molar-refractivity contribution in [3.8, 4) is 0 Å². The third kappa shape index (κ3) is 1.70. The van der Waals surface area contributed by atoms with Crippen molar-refractivity contribution in [2.24, 2.45) is 7.05 Å². The number of tetrazole rings is 1. The van der Waals surface area contributed by atoms with Crippen molar-refractivity contribution in [2.75, 3.05) is 18.4 Å². The Bertz CT molecular complexity index is 301. The second kappa shape index (κ2) is 3.53. The molecule has 0 unspecified atom stereocenters. The van der Waals surface area contributed by atoms with Crippen molar-refractivity contribution in [2.45, 2.75) is 25.9 Å². The van der Waals surface area contributed by atoms with Crippen molar-refractivity contribution in [3.05, 3.63) is 0 Å². The lowest BCUT2D eigenvalue weighted by Crippen LogP contribution is -2.57. The lowest BCUT2D eigenvalue weighted by Gasteiger charge is -2.42. The Hall–Kier alpha value is -1.17. The van der Waals surface area contributed by atoms with Crippen LogP contribution in [0.5, 0.6) is 0 Å². The van der Waals surface area contributed by atoms with Crippen molar-refractivity contribution in [3.63, 3.8) is 0 Å². The Morgan fingerprint density at radius 3 is 2.64 bits per heavy atom. The molecule has 0 spiro atoms. The van der Waals surface area contributed by atoms with Gasteiger partial charge in [-0.15, -0.1) is 0 Å². The van der Waals surface area contributed by atoms with Gasteiger partial charge in [-0.1, -0.05) is 5.10 Å². The van der Waals surface area contributed by atoms with Crippen LogP contribution in [0.25, 0.3) is 0 Å². The molecule has 1 aliphatic rings. The molecule has 0 aromatic carbocycles. The first-order valence-corrected chi connectivity index (χ1v) is 4.89. The van der Waals surface area contributed by atoms with E-state index in [1.165, 1.54) is 0 Å². The Morgan fingerprint density at radius 1 is 1.43 bits per heavy atom. The second-order valence-corrected chi connectivity index (χ2v) is 4.02. The van der Waals surface area contributed by atoms with Crippen LogP contribution < -0.4 is 5.32 Å². The van der Waals surface area contributed by atoms with Crippen LogP contribution in [0, 0.1) is 0 Å². The minimum Gasteiger partial charge on any atom is -0.348 e. The van der Waals surface area contributed by atoms with E-state index in [-0.39, 0.29) is 0 Å². The number of rotatable bonds is 3. The van der Waals surface area contributed by atoms with Gasteiger partial charge in [-0.2, -0.15) is 0 Å². The van der Waals surface area contributed by atoms with Crippen LogP contribution in [0.4, 0.5) is 5.95 Å². The molecule has 1 N–H and O–H groups in total. The molecule has 0 amide bonds. The Labute approximate surface area is 83.3 Å². The molecule has 0 atom stereocenters. The summed E-state index contributed by atoms with van der Waals surface area (Å²) in [6, 6.07) is 1.12. The molecule has 1 fully saturated rings. The molecule has 6 heteroatoms. The summed E-state index contributed by atoms with van der Waals surface area (Å²) in [5.41, 5.74) is 0. The van der Waals surface area contributed by atoms with E-state index in [4.69, 9.17) is 0 Å². The zero-order valence-corrected chi connectivity index (χ0v) is 8.80. The first-order chi connectivity index (χ1) is 6.66. The van der Waals surface area contributed by atoms with Gasteiger partial charge < -0.3 is 5.32 Å². The Balaban J connectivity index is 1.82. The van der Waals surface area contributed by atoms with E-state index < -0.39 is 0 Å². The van der Waals surface area contributed by atoms with Gasteiger partial charge in [0, 0.05) is 26.2 Å². The number of anilines is 1. The first kappa shape index (κ1) is 9.39. The summed E-state index contributed by atoms with van der Waals surface area (Å²) in [6.07, 6.45) is 0.